The van der Waals surface area contributed by atoms with Crippen molar-refractivity contribution in [3.63, 3.8) is 0 Å². The molecule has 0 amide bonds. The fourth-order valence-electron chi connectivity index (χ4n) is 2.19. The van der Waals surface area contributed by atoms with Gasteiger partial charge in [-0.1, -0.05) is 29.3 Å². The smallest absolute Gasteiger partial charge is 0.140 e. The Bertz CT molecular complexity index is 425. The molecule has 0 aromatic heterocycles. The number of alkyl halides is 1. The zero-order valence-corrected chi connectivity index (χ0v) is 11.3. The maximum atomic E-state index is 13.3. The zero-order chi connectivity index (χ0) is 13.1. The van der Waals surface area contributed by atoms with E-state index >= 15 is 0 Å². The summed E-state index contributed by atoms with van der Waals surface area (Å²) in [4.78, 5) is 2.00. The summed E-state index contributed by atoms with van der Waals surface area (Å²) in [6, 6.07) is 2.75. The maximum absolute atomic E-state index is 13.3. The van der Waals surface area contributed by atoms with Crippen molar-refractivity contribution in [3.05, 3.63) is 27.7 Å². The summed E-state index contributed by atoms with van der Waals surface area (Å²) in [5, 5.41) is 13.6. The van der Waals surface area contributed by atoms with E-state index in [0.29, 0.717) is 5.56 Å². The third-order valence-electron chi connectivity index (χ3n) is 3.20. The van der Waals surface area contributed by atoms with Crippen LogP contribution in [0.15, 0.2) is 12.1 Å². The summed E-state index contributed by atoms with van der Waals surface area (Å²) in [7, 11) is 0. The lowest BCUT2D eigenvalue weighted by atomic mass is 10.0. The zero-order valence-electron chi connectivity index (χ0n) is 9.80. The summed E-state index contributed by atoms with van der Waals surface area (Å²) in [6.07, 6.45) is 0. The number of rotatable bonds is 3. The van der Waals surface area contributed by atoms with Crippen molar-refractivity contribution in [3.8, 4) is 5.75 Å². The topological polar surface area (TPSA) is 35.5 Å². The van der Waals surface area contributed by atoms with Crippen LogP contribution < -0.4 is 5.32 Å². The van der Waals surface area contributed by atoms with Gasteiger partial charge in [0.15, 0.2) is 0 Å². The summed E-state index contributed by atoms with van der Waals surface area (Å²) < 4.78 is 13.3. The first-order valence-electron chi connectivity index (χ1n) is 5.82. The van der Waals surface area contributed by atoms with Gasteiger partial charge in [0.25, 0.3) is 0 Å². The first kappa shape index (κ1) is 13.9. The molecule has 0 saturated carbocycles. The minimum absolute atomic E-state index is 0.0859. The molecule has 1 saturated heterocycles. The minimum atomic E-state index is -0.564. The third kappa shape index (κ3) is 2.72. The van der Waals surface area contributed by atoms with E-state index in [1.807, 2.05) is 4.90 Å². The fourth-order valence-corrected chi connectivity index (χ4v) is 2.52. The van der Waals surface area contributed by atoms with E-state index < -0.39 is 12.7 Å². The number of benzene rings is 1. The highest BCUT2D eigenvalue weighted by Crippen LogP contribution is 2.38. The molecule has 1 atom stereocenters. The molecule has 2 rings (SSSR count). The predicted molar refractivity (Wildman–Crippen MR) is 71.3 cm³/mol. The van der Waals surface area contributed by atoms with Gasteiger partial charge in [0.2, 0.25) is 0 Å². The molecule has 1 heterocycles. The molecule has 2 N–H and O–H groups in total. The van der Waals surface area contributed by atoms with E-state index in [4.69, 9.17) is 23.2 Å². The second-order valence-electron chi connectivity index (χ2n) is 4.26. The monoisotopic (exact) mass is 292 g/mol. The van der Waals surface area contributed by atoms with Crippen LogP contribution in [0.4, 0.5) is 4.39 Å². The first-order chi connectivity index (χ1) is 8.65. The van der Waals surface area contributed by atoms with E-state index in [2.05, 4.69) is 5.32 Å². The highest BCUT2D eigenvalue weighted by molar-refractivity contribution is 6.43. The van der Waals surface area contributed by atoms with Gasteiger partial charge in [0.05, 0.1) is 11.1 Å². The summed E-state index contributed by atoms with van der Waals surface area (Å²) in [6.45, 7) is 2.56. The number of phenolic OH excluding ortho intramolecular Hbond substituents is 1. The molecule has 3 nitrogen and oxygen atoms in total. The Morgan fingerprint density at radius 2 is 2.00 bits per heavy atom. The van der Waals surface area contributed by atoms with Crippen LogP contribution in [0.3, 0.4) is 0 Å². The summed E-state index contributed by atoms with van der Waals surface area (Å²) in [5.74, 6) is -0.120. The number of nitrogens with zero attached hydrogens (tertiary/aromatic N) is 1. The SMILES string of the molecule is Oc1c([C@H](CF)N2CCNCC2)ccc(Cl)c1Cl. The Labute approximate surface area is 115 Å². The van der Waals surface area contributed by atoms with Gasteiger partial charge in [-0.05, 0) is 6.07 Å². The lowest BCUT2D eigenvalue weighted by Crippen LogP contribution is -2.45. The van der Waals surface area contributed by atoms with Gasteiger partial charge in [0, 0.05) is 31.7 Å². The van der Waals surface area contributed by atoms with Crippen molar-refractivity contribution in [2.75, 3.05) is 32.9 Å². The Morgan fingerprint density at radius 1 is 1.33 bits per heavy atom. The molecule has 100 valence electrons. The van der Waals surface area contributed by atoms with E-state index in [9.17, 15) is 9.50 Å². The van der Waals surface area contributed by atoms with Crippen LogP contribution in [0.25, 0.3) is 0 Å². The molecule has 18 heavy (non-hydrogen) atoms. The number of aromatic hydroxyl groups is 1. The average Bonchev–Trinajstić information content (AvgIpc) is 2.41. The maximum Gasteiger partial charge on any atom is 0.140 e. The standard InChI is InChI=1S/C12H15Cl2FN2O/c13-9-2-1-8(12(18)11(9)14)10(7-15)17-5-3-16-4-6-17/h1-2,10,16,18H,3-7H2/t10-/m0/s1. The predicted octanol–water partition coefficient (Wildman–Crippen LogP) is 2.61. The summed E-state index contributed by atoms with van der Waals surface area (Å²) in [5.41, 5.74) is 0.494. The first-order valence-corrected chi connectivity index (χ1v) is 6.58. The number of piperazine rings is 1. The fraction of sp³-hybridized carbons (Fsp3) is 0.500. The molecule has 0 bridgehead atoms. The van der Waals surface area contributed by atoms with Crippen LogP contribution in [0, 0.1) is 0 Å². The Balaban J connectivity index is 2.29. The molecule has 1 fully saturated rings. The third-order valence-corrected chi connectivity index (χ3v) is 3.99. The highest BCUT2D eigenvalue weighted by atomic mass is 35.5. The van der Waals surface area contributed by atoms with Crippen molar-refractivity contribution in [1.82, 2.24) is 10.2 Å². The van der Waals surface area contributed by atoms with Gasteiger partial charge in [-0.15, -0.1) is 0 Å². The van der Waals surface area contributed by atoms with Gasteiger partial charge in [-0.25, -0.2) is 4.39 Å². The van der Waals surface area contributed by atoms with Gasteiger partial charge >= 0.3 is 0 Å². The average molecular weight is 293 g/mol. The molecule has 0 unspecified atom stereocenters. The highest BCUT2D eigenvalue weighted by Gasteiger charge is 2.25. The molecule has 1 aromatic carbocycles. The molecule has 1 aliphatic heterocycles. The Hall–Kier alpha value is -0.550. The Morgan fingerprint density at radius 3 is 2.61 bits per heavy atom. The molecule has 6 heteroatoms. The molecule has 1 aromatic rings. The number of phenols is 1. The van der Waals surface area contributed by atoms with Gasteiger partial charge < -0.3 is 10.4 Å². The number of nitrogens with one attached hydrogen (secondary N) is 1. The second-order valence-corrected chi connectivity index (χ2v) is 5.04. The quantitative estimate of drug-likeness (QED) is 0.899. The molecule has 0 aliphatic carbocycles. The molecule has 0 spiro atoms. The number of hydrogen-bond donors (Lipinski definition) is 2. The van der Waals surface area contributed by atoms with Gasteiger partial charge in [0.1, 0.15) is 17.4 Å². The largest absolute Gasteiger partial charge is 0.506 e. The molecule has 1 aliphatic rings. The Kier molecular flexibility index (Phi) is 4.67. The van der Waals surface area contributed by atoms with Crippen LogP contribution in [-0.4, -0.2) is 42.9 Å². The van der Waals surface area contributed by atoms with Crippen LogP contribution >= 0.6 is 23.2 Å². The van der Waals surface area contributed by atoms with Crippen molar-refractivity contribution in [1.29, 1.82) is 0 Å². The summed E-state index contributed by atoms with van der Waals surface area (Å²) >= 11 is 11.7. The minimum Gasteiger partial charge on any atom is -0.506 e. The number of hydrogen-bond acceptors (Lipinski definition) is 3. The number of halogens is 3. The lowest BCUT2D eigenvalue weighted by molar-refractivity contribution is 0.145. The van der Waals surface area contributed by atoms with Crippen molar-refractivity contribution in [2.24, 2.45) is 0 Å². The van der Waals surface area contributed by atoms with Crippen LogP contribution in [-0.2, 0) is 0 Å². The molecular weight excluding hydrogens is 278 g/mol. The van der Waals surface area contributed by atoms with Crippen molar-refractivity contribution < 1.29 is 9.50 Å². The lowest BCUT2D eigenvalue weighted by Gasteiger charge is -2.34. The van der Waals surface area contributed by atoms with Gasteiger partial charge in [-0.2, -0.15) is 0 Å². The van der Waals surface area contributed by atoms with E-state index in [1.165, 1.54) is 0 Å². The van der Waals surface area contributed by atoms with E-state index in [-0.39, 0.29) is 15.8 Å². The van der Waals surface area contributed by atoms with Crippen LogP contribution in [0.5, 0.6) is 5.75 Å². The van der Waals surface area contributed by atoms with E-state index in [1.54, 1.807) is 12.1 Å². The van der Waals surface area contributed by atoms with E-state index in [0.717, 1.165) is 26.2 Å². The molecule has 0 radical (unpaired) electrons. The van der Waals surface area contributed by atoms with Crippen LogP contribution in [0.2, 0.25) is 10.0 Å². The van der Waals surface area contributed by atoms with Crippen molar-refractivity contribution >= 4 is 23.2 Å². The second kappa shape index (κ2) is 6.06. The molecular formula is C12H15Cl2FN2O. The van der Waals surface area contributed by atoms with Gasteiger partial charge in [-0.3, -0.25) is 4.90 Å². The van der Waals surface area contributed by atoms with Crippen molar-refractivity contribution in [2.45, 2.75) is 6.04 Å². The normalized spacial score (nSPS) is 18.8. The van der Waals surface area contributed by atoms with Crippen LogP contribution in [0.1, 0.15) is 11.6 Å².